The molecule has 4 saturated heterocycles. The zero-order valence-electron chi connectivity index (χ0n) is 40.5. The van der Waals surface area contributed by atoms with E-state index in [4.69, 9.17) is 9.97 Å². The molecule has 356 valence electrons. The molecule has 1 unspecified atom stereocenters. The number of thiophene rings is 2. The third kappa shape index (κ3) is 10.1. The van der Waals surface area contributed by atoms with Crippen molar-refractivity contribution >= 4 is 60.8 Å². The molecule has 2 atom stereocenters. The molecule has 0 spiro atoms. The van der Waals surface area contributed by atoms with Crippen LogP contribution in [0.1, 0.15) is 72.1 Å². The molecule has 0 bridgehead atoms. The number of anilines is 2. The second kappa shape index (κ2) is 20.5. The molecule has 8 heterocycles. The highest BCUT2D eigenvalue weighted by molar-refractivity contribution is 7.17. The fourth-order valence-corrected chi connectivity index (χ4v) is 13.4. The third-order valence-electron chi connectivity index (χ3n) is 15.7. The number of piperidine rings is 2. The number of hydrogen-bond acceptors (Lipinski definition) is 12. The van der Waals surface area contributed by atoms with Gasteiger partial charge in [0, 0.05) is 86.3 Å². The Kier molecular flexibility index (Phi) is 14.5. The summed E-state index contributed by atoms with van der Waals surface area (Å²) in [5.74, 6) is 2.96. The van der Waals surface area contributed by atoms with Crippen LogP contribution < -0.4 is 9.80 Å². The number of hydrogen-bond donors (Lipinski definition) is 1. The average molecular weight is 943 g/mol. The van der Waals surface area contributed by atoms with Crippen LogP contribution in [0.4, 0.5) is 16.4 Å². The maximum atomic E-state index is 12.1. The molecule has 4 aromatic heterocycles. The minimum atomic E-state index is -0.775. The molecule has 10 rings (SSSR count). The number of nitrogens with zero attached hydrogens (tertiary/aromatic N) is 10. The number of aromatic nitrogens is 4. The van der Waals surface area contributed by atoms with E-state index in [9.17, 15) is 9.90 Å². The lowest BCUT2D eigenvalue weighted by atomic mass is 9.69. The van der Waals surface area contributed by atoms with E-state index in [1.54, 1.807) is 40.2 Å². The predicted octanol–water partition coefficient (Wildman–Crippen LogP) is 10.4. The number of likely N-dealkylation sites (tertiary alicyclic amines) is 2. The van der Waals surface area contributed by atoms with E-state index in [1.807, 2.05) is 6.07 Å². The normalized spacial score (nSPS) is 21.3. The third-order valence-corrected chi connectivity index (χ3v) is 17.4. The Hall–Kier alpha value is -4.73. The fourth-order valence-electron chi connectivity index (χ4n) is 11.6. The maximum Gasteiger partial charge on any atom is 0.407 e. The molecule has 1 amide bonds. The zero-order chi connectivity index (χ0) is 46.7. The summed E-state index contributed by atoms with van der Waals surface area (Å²) in [5.41, 5.74) is 4.53. The average Bonchev–Trinajstić information content (AvgIpc) is 4.18. The van der Waals surface area contributed by atoms with Crippen LogP contribution >= 0.6 is 22.7 Å². The highest BCUT2D eigenvalue weighted by atomic mass is 32.1. The summed E-state index contributed by atoms with van der Waals surface area (Å²) >= 11 is 3.41. The molecule has 4 aliphatic heterocycles. The van der Waals surface area contributed by atoms with Gasteiger partial charge >= 0.3 is 6.09 Å². The summed E-state index contributed by atoms with van der Waals surface area (Å²) in [4.78, 5) is 47.0. The number of likely N-dealkylation sites (N-methyl/N-ethyl adjacent to an activating group) is 1. The predicted molar refractivity (Wildman–Crippen MR) is 278 cm³/mol. The van der Waals surface area contributed by atoms with E-state index >= 15 is 0 Å². The van der Waals surface area contributed by atoms with Crippen molar-refractivity contribution in [3.63, 3.8) is 0 Å². The maximum absolute atomic E-state index is 12.1. The largest absolute Gasteiger partial charge is 0.465 e. The summed E-state index contributed by atoms with van der Waals surface area (Å²) < 4.78 is 0. The molecule has 0 saturated carbocycles. The number of carboxylic acid groups (broad SMARTS) is 1. The standard InChI is InChI=1S/C29H39N5O2S.C24H31N5S/c1-28(2,3)29(13-8-15-34(29)27(35)36)14-18-32(4)22-11-16-33(17-12-22)25-24-23(21-9-6-5-7-10-21)19-37-26(24)31-20-30-25;1-27(2)20-10-11-28(15-20)14-18-8-12-29(13-9-18)23-22-21(19-6-4-3-5-7-19)16-30-24(22)26-17-25-23/h5-7,9-10,19-20,22H,8,11-18H2,1-4H3,(H,35,36);3-7,16-18,20H,8-15H2,1-2H3/t;20-/m.1/s1. The van der Waals surface area contributed by atoms with Crippen molar-refractivity contribution in [1.29, 1.82) is 0 Å². The minimum Gasteiger partial charge on any atom is -0.465 e. The Balaban J connectivity index is 0.000000171. The molecule has 4 fully saturated rings. The van der Waals surface area contributed by atoms with Gasteiger partial charge in [-0.05, 0) is 102 Å². The highest BCUT2D eigenvalue weighted by Crippen LogP contribution is 2.47. The lowest BCUT2D eigenvalue weighted by Crippen LogP contribution is -2.57. The van der Waals surface area contributed by atoms with Crippen LogP contribution in [0.2, 0.25) is 0 Å². The van der Waals surface area contributed by atoms with Gasteiger partial charge in [-0.1, -0.05) is 81.4 Å². The van der Waals surface area contributed by atoms with Crippen molar-refractivity contribution in [3.05, 3.63) is 84.1 Å². The number of benzene rings is 2. The van der Waals surface area contributed by atoms with Crippen LogP contribution in [-0.2, 0) is 0 Å². The number of fused-ring (bicyclic) bond motifs is 2. The van der Waals surface area contributed by atoms with Crippen molar-refractivity contribution in [3.8, 4) is 22.3 Å². The molecule has 0 radical (unpaired) electrons. The molecule has 67 heavy (non-hydrogen) atoms. The number of amides is 1. The Labute approximate surface area is 405 Å². The molecule has 6 aromatic rings. The topological polar surface area (TPSA) is 108 Å². The van der Waals surface area contributed by atoms with Crippen LogP contribution in [0.15, 0.2) is 84.1 Å². The van der Waals surface area contributed by atoms with E-state index in [-0.39, 0.29) is 11.0 Å². The molecule has 12 nitrogen and oxygen atoms in total. The SMILES string of the molecule is CN(C)[C@@H]1CCN(CC2CCN(c3ncnc4scc(-c5ccccc5)c34)CC2)C1.CN(CCC1(C(C)(C)C)CCCN1C(=O)O)C1CCN(c2ncnc3scc(-c4ccccc4)c23)CC1. The van der Waals surface area contributed by atoms with Crippen molar-refractivity contribution < 1.29 is 9.90 Å². The van der Waals surface area contributed by atoms with Gasteiger partial charge in [-0.25, -0.2) is 24.7 Å². The molecule has 14 heteroatoms. The van der Waals surface area contributed by atoms with Gasteiger partial charge in [0.15, 0.2) is 0 Å². The van der Waals surface area contributed by atoms with Gasteiger partial charge in [0.25, 0.3) is 0 Å². The molecule has 4 aliphatic rings. The van der Waals surface area contributed by atoms with Crippen molar-refractivity contribution in [2.45, 2.75) is 89.8 Å². The van der Waals surface area contributed by atoms with Crippen LogP contribution in [0.3, 0.4) is 0 Å². The summed E-state index contributed by atoms with van der Waals surface area (Å²) in [6.07, 6.45) is 11.4. The fraction of sp³-hybridized carbons (Fsp3) is 0.528. The number of carbonyl (C=O) groups is 1. The Morgan fingerprint density at radius 3 is 1.73 bits per heavy atom. The Morgan fingerprint density at radius 2 is 1.24 bits per heavy atom. The minimum absolute atomic E-state index is 0.0958. The lowest BCUT2D eigenvalue weighted by Gasteiger charge is -2.48. The Morgan fingerprint density at radius 1 is 0.716 bits per heavy atom. The summed E-state index contributed by atoms with van der Waals surface area (Å²) in [6, 6.07) is 22.4. The molecular formula is C53H70N10O2S2. The smallest absolute Gasteiger partial charge is 0.407 e. The van der Waals surface area contributed by atoms with Crippen molar-refractivity contribution in [1.82, 2.24) is 39.5 Å². The molecule has 0 aliphatic carbocycles. The van der Waals surface area contributed by atoms with Crippen LogP contribution in [0.25, 0.3) is 42.7 Å². The number of rotatable bonds is 11. The van der Waals surface area contributed by atoms with Crippen LogP contribution in [0.5, 0.6) is 0 Å². The molecular weight excluding hydrogens is 873 g/mol. The van der Waals surface area contributed by atoms with E-state index in [1.165, 1.54) is 66.5 Å². The second-order valence-corrected chi connectivity index (χ2v) is 22.4. The first-order valence-corrected chi connectivity index (χ1v) is 26.3. The zero-order valence-corrected chi connectivity index (χ0v) is 42.1. The second-order valence-electron chi connectivity index (χ2n) is 20.6. The van der Waals surface area contributed by atoms with Crippen LogP contribution in [-0.4, -0.2) is 148 Å². The van der Waals surface area contributed by atoms with E-state index in [0.717, 1.165) is 103 Å². The van der Waals surface area contributed by atoms with Crippen LogP contribution in [0, 0.1) is 11.3 Å². The van der Waals surface area contributed by atoms with Gasteiger partial charge in [-0.3, -0.25) is 0 Å². The summed E-state index contributed by atoms with van der Waals surface area (Å²) in [6.45, 7) is 16.0. The van der Waals surface area contributed by atoms with E-state index in [0.29, 0.717) is 12.6 Å². The van der Waals surface area contributed by atoms with Crippen molar-refractivity contribution in [2.75, 3.05) is 89.8 Å². The molecule has 1 N–H and O–H groups in total. The summed E-state index contributed by atoms with van der Waals surface area (Å²) in [5, 5.41) is 16.7. The first kappa shape index (κ1) is 47.3. The van der Waals surface area contributed by atoms with E-state index < -0.39 is 6.09 Å². The van der Waals surface area contributed by atoms with Gasteiger partial charge in [-0.15, -0.1) is 22.7 Å². The van der Waals surface area contributed by atoms with Gasteiger partial charge in [-0.2, -0.15) is 0 Å². The highest BCUT2D eigenvalue weighted by Gasteiger charge is 2.51. The quantitative estimate of drug-likeness (QED) is 0.134. The Bertz CT molecular complexity index is 2560. The van der Waals surface area contributed by atoms with Gasteiger partial charge in [0.2, 0.25) is 0 Å². The first-order valence-electron chi connectivity index (χ1n) is 24.5. The monoisotopic (exact) mass is 943 g/mol. The van der Waals surface area contributed by atoms with E-state index in [2.05, 4.69) is 142 Å². The van der Waals surface area contributed by atoms with Gasteiger partial charge in [0.1, 0.15) is 34.0 Å². The van der Waals surface area contributed by atoms with Crippen molar-refractivity contribution in [2.24, 2.45) is 11.3 Å². The first-order chi connectivity index (χ1) is 32.4. The van der Waals surface area contributed by atoms with Gasteiger partial charge < -0.3 is 34.5 Å². The summed E-state index contributed by atoms with van der Waals surface area (Å²) in [7, 11) is 6.64. The lowest BCUT2D eigenvalue weighted by molar-refractivity contribution is 0.0149. The van der Waals surface area contributed by atoms with Gasteiger partial charge in [0.05, 0.1) is 16.3 Å². The molecule has 2 aromatic carbocycles.